The monoisotopic (exact) mass is 354 g/mol. The van der Waals surface area contributed by atoms with E-state index in [1.807, 2.05) is 0 Å². The van der Waals surface area contributed by atoms with Gasteiger partial charge >= 0.3 is 0 Å². The van der Waals surface area contributed by atoms with Crippen LogP contribution < -0.4 is 4.72 Å². The summed E-state index contributed by atoms with van der Waals surface area (Å²) in [6.45, 7) is 1.84. The molecule has 3 N–H and O–H groups in total. The van der Waals surface area contributed by atoms with E-state index in [0.717, 1.165) is 25.8 Å². The van der Waals surface area contributed by atoms with Crippen molar-refractivity contribution in [2.45, 2.75) is 30.4 Å². The van der Waals surface area contributed by atoms with E-state index in [1.165, 1.54) is 6.07 Å². The molecule has 0 spiro atoms. The number of aromatic amines is 1. The van der Waals surface area contributed by atoms with Gasteiger partial charge in [0.1, 0.15) is 5.69 Å². The van der Waals surface area contributed by atoms with Crippen LogP contribution >= 0.6 is 0 Å². The van der Waals surface area contributed by atoms with Gasteiger partial charge in [-0.15, -0.1) is 0 Å². The molecule has 3 rings (SSSR count). The first-order chi connectivity index (χ1) is 11.6. The zero-order valence-corrected chi connectivity index (χ0v) is 14.1. The van der Waals surface area contributed by atoms with Crippen LogP contribution in [0.15, 0.2) is 33.9 Å². The van der Waals surface area contributed by atoms with Crippen molar-refractivity contribution in [3.63, 3.8) is 0 Å². The molecule has 9 heteroatoms. The van der Waals surface area contributed by atoms with Crippen LogP contribution in [0.25, 0.3) is 11.5 Å². The third kappa shape index (κ3) is 3.86. The van der Waals surface area contributed by atoms with Crippen molar-refractivity contribution >= 4 is 10.0 Å². The summed E-state index contributed by atoms with van der Waals surface area (Å²) in [6, 6.07) is 4.84. The number of furan rings is 1. The Balaban J connectivity index is 1.58. The number of nitrogens with zero attached hydrogens (tertiary/aromatic N) is 2. The topological polar surface area (TPSA) is 111 Å². The van der Waals surface area contributed by atoms with E-state index in [0.29, 0.717) is 18.0 Å². The minimum absolute atomic E-state index is 0.110. The maximum atomic E-state index is 12.3. The molecule has 0 amide bonds. The molecule has 0 radical (unpaired) electrons. The van der Waals surface area contributed by atoms with E-state index < -0.39 is 10.0 Å². The van der Waals surface area contributed by atoms with Gasteiger partial charge in [0.2, 0.25) is 5.09 Å². The van der Waals surface area contributed by atoms with Gasteiger partial charge in [0.25, 0.3) is 10.0 Å². The number of aliphatic hydroxyl groups excluding tert-OH is 1. The number of H-pyrrole nitrogens is 1. The molecular formula is C15H22N4O4S. The normalized spacial score (nSPS) is 19.6. The largest absolute Gasteiger partial charge is 0.442 e. The molecule has 0 bridgehead atoms. The third-order valence-corrected chi connectivity index (χ3v) is 5.60. The number of likely N-dealkylation sites (tertiary alicyclic amines) is 1. The SMILES string of the molecule is O=S(=O)(NCCN1CCCCC1CO)c1ccc(-c2ccn[nH]2)o1. The summed E-state index contributed by atoms with van der Waals surface area (Å²) in [5.74, 6) is 0.421. The summed E-state index contributed by atoms with van der Waals surface area (Å²) < 4.78 is 32.6. The minimum atomic E-state index is -3.70. The van der Waals surface area contributed by atoms with Crippen molar-refractivity contribution in [2.24, 2.45) is 0 Å². The number of hydrogen-bond acceptors (Lipinski definition) is 6. The van der Waals surface area contributed by atoms with Crippen molar-refractivity contribution < 1.29 is 17.9 Å². The van der Waals surface area contributed by atoms with Gasteiger partial charge in [0.15, 0.2) is 5.76 Å². The van der Waals surface area contributed by atoms with E-state index in [-0.39, 0.29) is 24.3 Å². The predicted molar refractivity (Wildman–Crippen MR) is 87.8 cm³/mol. The Labute approximate surface area is 140 Å². The molecule has 1 unspecified atom stereocenters. The Hall–Kier alpha value is -1.68. The molecule has 1 saturated heterocycles. The highest BCUT2D eigenvalue weighted by atomic mass is 32.2. The first kappa shape index (κ1) is 17.2. The van der Waals surface area contributed by atoms with Crippen LogP contribution in [0.5, 0.6) is 0 Å². The van der Waals surface area contributed by atoms with E-state index in [2.05, 4.69) is 19.8 Å². The zero-order valence-electron chi connectivity index (χ0n) is 13.3. The Kier molecular flexibility index (Phi) is 5.34. The maximum Gasteiger partial charge on any atom is 0.274 e. The fourth-order valence-electron chi connectivity index (χ4n) is 2.96. The second-order valence-corrected chi connectivity index (χ2v) is 7.55. The quantitative estimate of drug-likeness (QED) is 0.678. The lowest BCUT2D eigenvalue weighted by atomic mass is 10.0. The summed E-state index contributed by atoms with van der Waals surface area (Å²) >= 11 is 0. The highest BCUT2D eigenvalue weighted by molar-refractivity contribution is 7.89. The molecule has 1 fully saturated rings. The second-order valence-electron chi connectivity index (χ2n) is 5.85. The fourth-order valence-corrected chi connectivity index (χ4v) is 3.91. The molecule has 0 aromatic carbocycles. The summed E-state index contributed by atoms with van der Waals surface area (Å²) in [5.41, 5.74) is 0.621. The molecule has 24 heavy (non-hydrogen) atoms. The van der Waals surface area contributed by atoms with Crippen molar-refractivity contribution in [1.29, 1.82) is 0 Å². The molecule has 132 valence electrons. The Morgan fingerprint density at radius 3 is 3.00 bits per heavy atom. The molecule has 1 atom stereocenters. The van der Waals surface area contributed by atoms with E-state index in [1.54, 1.807) is 18.3 Å². The number of aromatic nitrogens is 2. The summed E-state index contributed by atoms with van der Waals surface area (Å²) in [6.07, 6.45) is 4.71. The highest BCUT2D eigenvalue weighted by Gasteiger charge is 2.23. The second kappa shape index (κ2) is 7.47. The molecular weight excluding hydrogens is 332 g/mol. The average molecular weight is 354 g/mol. The minimum Gasteiger partial charge on any atom is -0.442 e. The standard InChI is InChI=1S/C15H22N4O4S/c20-11-12-3-1-2-9-19(12)10-8-17-24(21,22)15-5-4-14(23-15)13-6-7-16-18-13/h4-7,12,17,20H,1-3,8-11H2,(H,16,18). The van der Waals surface area contributed by atoms with Gasteiger partial charge in [-0.2, -0.15) is 5.10 Å². The summed E-state index contributed by atoms with van der Waals surface area (Å²) in [5, 5.41) is 15.8. The fraction of sp³-hybridized carbons (Fsp3) is 0.533. The van der Waals surface area contributed by atoms with Crippen LogP contribution in [0.2, 0.25) is 0 Å². The first-order valence-corrected chi connectivity index (χ1v) is 9.52. The van der Waals surface area contributed by atoms with Gasteiger partial charge in [0, 0.05) is 25.3 Å². The van der Waals surface area contributed by atoms with Crippen molar-refractivity contribution in [3.8, 4) is 11.5 Å². The Morgan fingerprint density at radius 2 is 2.25 bits per heavy atom. The van der Waals surface area contributed by atoms with Crippen molar-refractivity contribution in [1.82, 2.24) is 19.8 Å². The third-order valence-electron chi connectivity index (χ3n) is 4.26. The number of rotatable bonds is 7. The lowest BCUT2D eigenvalue weighted by molar-refractivity contribution is 0.0923. The van der Waals surface area contributed by atoms with Gasteiger partial charge in [-0.3, -0.25) is 10.00 Å². The molecule has 0 saturated carbocycles. The molecule has 8 nitrogen and oxygen atoms in total. The molecule has 1 aliphatic heterocycles. The van der Waals surface area contributed by atoms with Gasteiger partial charge in [0.05, 0.1) is 6.61 Å². The van der Waals surface area contributed by atoms with E-state index >= 15 is 0 Å². The van der Waals surface area contributed by atoms with Crippen LogP contribution in [0.4, 0.5) is 0 Å². The maximum absolute atomic E-state index is 12.3. The average Bonchev–Trinajstić information content (AvgIpc) is 3.26. The number of aliphatic hydroxyl groups is 1. The number of sulfonamides is 1. The van der Waals surface area contributed by atoms with E-state index in [4.69, 9.17) is 4.42 Å². The van der Waals surface area contributed by atoms with Crippen LogP contribution in [0.1, 0.15) is 19.3 Å². The first-order valence-electron chi connectivity index (χ1n) is 8.04. The molecule has 2 aromatic rings. The number of nitrogens with one attached hydrogen (secondary N) is 2. The molecule has 3 heterocycles. The zero-order chi connectivity index (χ0) is 17.0. The van der Waals surface area contributed by atoms with Crippen molar-refractivity contribution in [3.05, 3.63) is 24.4 Å². The van der Waals surface area contributed by atoms with E-state index in [9.17, 15) is 13.5 Å². The smallest absolute Gasteiger partial charge is 0.274 e. The van der Waals surface area contributed by atoms with Gasteiger partial charge in [-0.25, -0.2) is 13.1 Å². The van der Waals surface area contributed by atoms with Gasteiger partial charge in [-0.05, 0) is 37.6 Å². The van der Waals surface area contributed by atoms with Crippen LogP contribution in [0, 0.1) is 0 Å². The van der Waals surface area contributed by atoms with Gasteiger partial charge < -0.3 is 9.52 Å². The molecule has 1 aliphatic rings. The molecule has 0 aliphatic carbocycles. The lowest BCUT2D eigenvalue weighted by Crippen LogP contribution is -2.45. The summed E-state index contributed by atoms with van der Waals surface area (Å²) in [7, 11) is -3.70. The number of piperidine rings is 1. The van der Waals surface area contributed by atoms with Gasteiger partial charge in [-0.1, -0.05) is 6.42 Å². The number of hydrogen-bond donors (Lipinski definition) is 3. The van der Waals surface area contributed by atoms with Crippen LogP contribution in [-0.2, 0) is 10.0 Å². The predicted octanol–water partition coefficient (Wildman–Crippen LogP) is 0.795. The van der Waals surface area contributed by atoms with Crippen LogP contribution in [0.3, 0.4) is 0 Å². The Bertz CT molecular complexity index is 741. The lowest BCUT2D eigenvalue weighted by Gasteiger charge is -2.34. The van der Waals surface area contributed by atoms with Crippen LogP contribution in [-0.4, -0.2) is 60.9 Å². The summed E-state index contributed by atoms with van der Waals surface area (Å²) in [4.78, 5) is 2.13. The Morgan fingerprint density at radius 1 is 1.38 bits per heavy atom. The highest BCUT2D eigenvalue weighted by Crippen LogP contribution is 2.22. The molecule has 2 aromatic heterocycles. The van der Waals surface area contributed by atoms with Crippen molar-refractivity contribution in [2.75, 3.05) is 26.2 Å².